The van der Waals surface area contributed by atoms with Crippen LogP contribution in [0.4, 0.5) is 0 Å². The number of nitrogens with one attached hydrogen (secondary N) is 1. The molecule has 0 bridgehead atoms. The first kappa shape index (κ1) is 18.9. The number of amides is 1. The first-order chi connectivity index (χ1) is 12.2. The SMILES string of the molecule is COc1ccc(/C=C/C(=O)NCCC2=CCCCC2)c(OC)c1OC. The second-order valence-electron chi connectivity index (χ2n) is 5.91. The molecule has 1 aliphatic rings. The zero-order chi connectivity index (χ0) is 18.1. The number of allylic oxidation sites excluding steroid dienone is 1. The Morgan fingerprint density at radius 3 is 2.56 bits per heavy atom. The predicted octanol–water partition coefficient (Wildman–Crippen LogP) is 3.73. The zero-order valence-electron chi connectivity index (χ0n) is 15.3. The Bertz CT molecular complexity index is 649. The minimum atomic E-state index is -0.117. The average molecular weight is 345 g/mol. The highest BCUT2D eigenvalue weighted by atomic mass is 16.5. The van der Waals surface area contributed by atoms with Gasteiger partial charge in [-0.25, -0.2) is 0 Å². The van der Waals surface area contributed by atoms with Gasteiger partial charge in [0.05, 0.1) is 21.3 Å². The molecule has 25 heavy (non-hydrogen) atoms. The molecule has 1 aromatic rings. The van der Waals surface area contributed by atoms with Crippen LogP contribution >= 0.6 is 0 Å². The van der Waals surface area contributed by atoms with Gasteiger partial charge in [0.25, 0.3) is 0 Å². The summed E-state index contributed by atoms with van der Waals surface area (Å²) in [5, 5.41) is 2.93. The van der Waals surface area contributed by atoms with Crippen molar-refractivity contribution in [2.75, 3.05) is 27.9 Å². The van der Waals surface area contributed by atoms with Crippen molar-refractivity contribution < 1.29 is 19.0 Å². The molecule has 0 radical (unpaired) electrons. The van der Waals surface area contributed by atoms with Crippen LogP contribution in [-0.2, 0) is 4.79 Å². The number of ether oxygens (including phenoxy) is 3. The van der Waals surface area contributed by atoms with Crippen molar-refractivity contribution in [2.24, 2.45) is 0 Å². The lowest BCUT2D eigenvalue weighted by atomic mass is 9.97. The third kappa shape index (κ3) is 5.28. The number of carbonyl (C=O) groups excluding carboxylic acids is 1. The molecule has 0 aromatic heterocycles. The fraction of sp³-hybridized carbons (Fsp3) is 0.450. The van der Waals surface area contributed by atoms with Gasteiger partial charge >= 0.3 is 0 Å². The maximum absolute atomic E-state index is 12.0. The lowest BCUT2D eigenvalue weighted by Crippen LogP contribution is -2.22. The summed E-state index contributed by atoms with van der Waals surface area (Å²) in [5.74, 6) is 1.52. The van der Waals surface area contributed by atoms with Crippen LogP contribution in [0.2, 0.25) is 0 Å². The highest BCUT2D eigenvalue weighted by molar-refractivity contribution is 5.92. The third-order valence-electron chi connectivity index (χ3n) is 4.28. The largest absolute Gasteiger partial charge is 0.493 e. The van der Waals surface area contributed by atoms with Crippen molar-refractivity contribution >= 4 is 12.0 Å². The molecule has 0 atom stereocenters. The molecule has 0 aliphatic heterocycles. The Morgan fingerprint density at radius 2 is 1.92 bits per heavy atom. The Morgan fingerprint density at radius 1 is 1.12 bits per heavy atom. The highest BCUT2D eigenvalue weighted by Gasteiger charge is 2.14. The van der Waals surface area contributed by atoms with Gasteiger partial charge in [-0.05, 0) is 50.3 Å². The third-order valence-corrected chi connectivity index (χ3v) is 4.28. The summed E-state index contributed by atoms with van der Waals surface area (Å²) in [7, 11) is 4.69. The van der Waals surface area contributed by atoms with Crippen LogP contribution in [0.1, 0.15) is 37.7 Å². The van der Waals surface area contributed by atoms with Crippen LogP contribution in [-0.4, -0.2) is 33.8 Å². The molecule has 1 aliphatic carbocycles. The normalized spacial score (nSPS) is 14.1. The summed E-state index contributed by atoms with van der Waals surface area (Å²) in [6, 6.07) is 3.62. The zero-order valence-corrected chi connectivity index (χ0v) is 15.3. The number of rotatable bonds is 8. The Hall–Kier alpha value is -2.43. The Kier molecular flexibility index (Phi) is 7.38. The van der Waals surface area contributed by atoms with Gasteiger partial charge < -0.3 is 19.5 Å². The summed E-state index contributed by atoms with van der Waals surface area (Å²) >= 11 is 0. The van der Waals surface area contributed by atoms with E-state index in [2.05, 4.69) is 11.4 Å². The first-order valence-electron chi connectivity index (χ1n) is 8.62. The van der Waals surface area contributed by atoms with E-state index in [0.29, 0.717) is 23.8 Å². The molecule has 0 fully saturated rings. The van der Waals surface area contributed by atoms with Gasteiger partial charge in [0.2, 0.25) is 11.7 Å². The minimum absolute atomic E-state index is 0.117. The van der Waals surface area contributed by atoms with Crippen molar-refractivity contribution in [3.8, 4) is 17.2 Å². The molecule has 5 nitrogen and oxygen atoms in total. The molecule has 2 rings (SSSR count). The molecular weight excluding hydrogens is 318 g/mol. The molecule has 1 aromatic carbocycles. The van der Waals surface area contributed by atoms with Gasteiger partial charge in [-0.2, -0.15) is 0 Å². The smallest absolute Gasteiger partial charge is 0.244 e. The molecule has 5 heteroatoms. The fourth-order valence-corrected chi connectivity index (χ4v) is 2.96. The number of carbonyl (C=O) groups is 1. The van der Waals surface area contributed by atoms with E-state index in [-0.39, 0.29) is 5.91 Å². The standard InChI is InChI=1S/C20H27NO4/c1-23-17-11-9-16(19(24-2)20(17)25-3)10-12-18(22)21-14-13-15-7-5-4-6-8-15/h7,9-12H,4-6,8,13-14H2,1-3H3,(H,21,22)/b12-10+. The van der Waals surface area contributed by atoms with E-state index >= 15 is 0 Å². The van der Waals surface area contributed by atoms with E-state index in [1.54, 1.807) is 33.5 Å². The van der Waals surface area contributed by atoms with Gasteiger partial charge in [0, 0.05) is 18.2 Å². The maximum atomic E-state index is 12.0. The van der Waals surface area contributed by atoms with E-state index in [4.69, 9.17) is 14.2 Å². The fourth-order valence-electron chi connectivity index (χ4n) is 2.96. The molecule has 1 amide bonds. The van der Waals surface area contributed by atoms with Crippen molar-refractivity contribution in [3.63, 3.8) is 0 Å². The summed E-state index contributed by atoms with van der Waals surface area (Å²) in [6.07, 6.45) is 11.3. The molecule has 0 saturated carbocycles. The predicted molar refractivity (Wildman–Crippen MR) is 99.3 cm³/mol. The van der Waals surface area contributed by atoms with Gasteiger partial charge in [0.15, 0.2) is 11.5 Å². The number of methoxy groups -OCH3 is 3. The van der Waals surface area contributed by atoms with E-state index in [9.17, 15) is 4.79 Å². The summed E-state index contributed by atoms with van der Waals surface area (Å²) in [5.41, 5.74) is 2.21. The Labute approximate surface area is 149 Å². The first-order valence-corrected chi connectivity index (χ1v) is 8.62. The molecule has 0 saturated heterocycles. The van der Waals surface area contributed by atoms with Gasteiger partial charge in [0.1, 0.15) is 0 Å². The van der Waals surface area contributed by atoms with Crippen molar-refractivity contribution in [1.82, 2.24) is 5.32 Å². The van der Waals surface area contributed by atoms with Gasteiger partial charge in [-0.1, -0.05) is 11.6 Å². The molecule has 136 valence electrons. The van der Waals surface area contributed by atoms with Crippen LogP contribution in [0.25, 0.3) is 6.08 Å². The molecular formula is C20H27NO4. The average Bonchev–Trinajstić information content (AvgIpc) is 2.66. The maximum Gasteiger partial charge on any atom is 0.244 e. The van der Waals surface area contributed by atoms with Gasteiger partial charge in [-0.15, -0.1) is 0 Å². The summed E-state index contributed by atoms with van der Waals surface area (Å²) in [6.45, 7) is 0.665. The minimum Gasteiger partial charge on any atom is -0.493 e. The van der Waals surface area contributed by atoms with E-state index < -0.39 is 0 Å². The second-order valence-corrected chi connectivity index (χ2v) is 5.91. The van der Waals surface area contributed by atoms with E-state index in [0.717, 1.165) is 18.4 Å². The van der Waals surface area contributed by atoms with Crippen LogP contribution in [0.5, 0.6) is 17.2 Å². The molecule has 0 heterocycles. The topological polar surface area (TPSA) is 56.8 Å². The lowest BCUT2D eigenvalue weighted by Gasteiger charge is -2.14. The summed E-state index contributed by atoms with van der Waals surface area (Å²) < 4.78 is 16.0. The quantitative estimate of drug-likeness (QED) is 0.576. The number of hydrogen-bond donors (Lipinski definition) is 1. The number of benzene rings is 1. The monoisotopic (exact) mass is 345 g/mol. The van der Waals surface area contributed by atoms with Crippen molar-refractivity contribution in [3.05, 3.63) is 35.4 Å². The number of hydrogen-bond acceptors (Lipinski definition) is 4. The molecule has 0 spiro atoms. The van der Waals surface area contributed by atoms with Crippen molar-refractivity contribution in [2.45, 2.75) is 32.1 Å². The highest BCUT2D eigenvalue weighted by Crippen LogP contribution is 2.40. The van der Waals surface area contributed by atoms with Crippen LogP contribution in [0, 0.1) is 0 Å². The van der Waals surface area contributed by atoms with Crippen molar-refractivity contribution in [1.29, 1.82) is 0 Å². The van der Waals surface area contributed by atoms with Gasteiger partial charge in [-0.3, -0.25) is 4.79 Å². The van der Waals surface area contributed by atoms with E-state index in [1.807, 2.05) is 6.07 Å². The molecule has 0 unspecified atom stereocenters. The van der Waals surface area contributed by atoms with E-state index in [1.165, 1.54) is 30.9 Å². The second kappa shape index (κ2) is 9.77. The van der Waals surface area contributed by atoms with Crippen LogP contribution in [0.15, 0.2) is 29.9 Å². The molecule has 1 N–H and O–H groups in total. The van der Waals surface area contributed by atoms with Crippen LogP contribution < -0.4 is 19.5 Å². The Balaban J connectivity index is 1.96. The summed E-state index contributed by atoms with van der Waals surface area (Å²) in [4.78, 5) is 12.0. The van der Waals surface area contributed by atoms with Crippen LogP contribution in [0.3, 0.4) is 0 Å². The lowest BCUT2D eigenvalue weighted by molar-refractivity contribution is -0.116.